The van der Waals surface area contributed by atoms with Crippen molar-refractivity contribution >= 4 is 5.97 Å². The van der Waals surface area contributed by atoms with Crippen LogP contribution in [-0.4, -0.2) is 35.5 Å². The van der Waals surface area contributed by atoms with Crippen molar-refractivity contribution in [1.29, 1.82) is 0 Å². The van der Waals surface area contributed by atoms with Crippen LogP contribution in [0.3, 0.4) is 0 Å². The molecular weight excluding hydrogens is 252 g/mol. The van der Waals surface area contributed by atoms with Crippen molar-refractivity contribution in [3.63, 3.8) is 0 Å². The molecule has 0 aliphatic heterocycles. The Morgan fingerprint density at radius 1 is 1.40 bits per heavy atom. The summed E-state index contributed by atoms with van der Waals surface area (Å²) in [6, 6.07) is 4.24. The van der Waals surface area contributed by atoms with E-state index < -0.39 is 0 Å². The van der Waals surface area contributed by atoms with Crippen LogP contribution in [0.2, 0.25) is 0 Å². The van der Waals surface area contributed by atoms with E-state index in [1.165, 1.54) is 20.0 Å². The maximum absolute atomic E-state index is 11.4. The molecule has 0 fully saturated rings. The van der Waals surface area contributed by atoms with Crippen molar-refractivity contribution in [3.05, 3.63) is 29.6 Å². The largest absolute Gasteiger partial charge is 0.465 e. The number of hydrogen-bond acceptors (Lipinski definition) is 4. The fraction of sp³-hybridized carbons (Fsp3) is 0.625. The maximum Gasteiger partial charge on any atom is 0.339 e. The van der Waals surface area contributed by atoms with E-state index in [0.717, 1.165) is 25.2 Å². The number of hydrogen-bond donors (Lipinski definition) is 0. The molecular formula is C16H26N2O2. The molecule has 1 aromatic heterocycles. The number of carbonyl (C=O) groups is 1. The van der Waals surface area contributed by atoms with Gasteiger partial charge in [0.05, 0.1) is 18.4 Å². The van der Waals surface area contributed by atoms with Gasteiger partial charge in [0.25, 0.3) is 0 Å². The fourth-order valence-corrected chi connectivity index (χ4v) is 2.04. The summed E-state index contributed by atoms with van der Waals surface area (Å²) in [4.78, 5) is 18.2. The highest BCUT2D eigenvalue weighted by atomic mass is 16.5. The molecule has 4 heteroatoms. The van der Waals surface area contributed by atoms with Gasteiger partial charge in [0.1, 0.15) is 0 Å². The first kappa shape index (κ1) is 16.6. The molecule has 0 aliphatic carbocycles. The van der Waals surface area contributed by atoms with Crippen LogP contribution in [0.1, 0.15) is 56.1 Å². The first-order valence-corrected chi connectivity index (χ1v) is 7.39. The minimum atomic E-state index is -0.339. The molecule has 0 N–H and O–H groups in total. The summed E-state index contributed by atoms with van der Waals surface area (Å²) in [5.41, 5.74) is 1.49. The standard InChI is InChI=1S/C16H26N2O2/c1-5-7-10-18(13(3)6-2)12-15-9-8-14(11-17-15)16(19)20-4/h8-9,11,13H,5-7,10,12H2,1-4H3. The van der Waals surface area contributed by atoms with Gasteiger partial charge in [-0.2, -0.15) is 0 Å². The molecule has 1 heterocycles. The van der Waals surface area contributed by atoms with E-state index >= 15 is 0 Å². The second-order valence-corrected chi connectivity index (χ2v) is 5.11. The molecule has 1 unspecified atom stereocenters. The molecule has 1 atom stereocenters. The average molecular weight is 278 g/mol. The van der Waals surface area contributed by atoms with Gasteiger partial charge in [-0.3, -0.25) is 9.88 Å². The highest BCUT2D eigenvalue weighted by Crippen LogP contribution is 2.11. The summed E-state index contributed by atoms with van der Waals surface area (Å²) in [5, 5.41) is 0. The van der Waals surface area contributed by atoms with Crippen molar-refractivity contribution in [3.8, 4) is 0 Å². The minimum absolute atomic E-state index is 0.339. The molecule has 0 spiro atoms. The number of nitrogens with zero attached hydrogens (tertiary/aromatic N) is 2. The summed E-state index contributed by atoms with van der Waals surface area (Å²) in [6.45, 7) is 8.58. The van der Waals surface area contributed by atoms with E-state index in [4.69, 9.17) is 0 Å². The summed E-state index contributed by atoms with van der Waals surface area (Å²) in [7, 11) is 1.38. The molecule has 1 aromatic rings. The first-order valence-electron chi connectivity index (χ1n) is 7.39. The van der Waals surface area contributed by atoms with Gasteiger partial charge in [-0.05, 0) is 38.4 Å². The van der Waals surface area contributed by atoms with E-state index in [-0.39, 0.29) is 5.97 Å². The number of carbonyl (C=O) groups excluding carboxylic acids is 1. The lowest BCUT2D eigenvalue weighted by Crippen LogP contribution is -2.33. The molecule has 1 rings (SSSR count). The molecule has 20 heavy (non-hydrogen) atoms. The third-order valence-electron chi connectivity index (χ3n) is 3.62. The van der Waals surface area contributed by atoms with Crippen LogP contribution < -0.4 is 0 Å². The predicted octanol–water partition coefficient (Wildman–Crippen LogP) is 3.27. The second kappa shape index (κ2) is 8.69. The number of rotatable bonds is 8. The third kappa shape index (κ3) is 4.93. The van der Waals surface area contributed by atoms with Crippen molar-refractivity contribution in [2.24, 2.45) is 0 Å². The van der Waals surface area contributed by atoms with Crippen molar-refractivity contribution < 1.29 is 9.53 Å². The number of aromatic nitrogens is 1. The van der Waals surface area contributed by atoms with Crippen LogP contribution in [0.15, 0.2) is 18.3 Å². The van der Waals surface area contributed by atoms with Crippen molar-refractivity contribution in [1.82, 2.24) is 9.88 Å². The van der Waals surface area contributed by atoms with Crippen LogP contribution in [0.25, 0.3) is 0 Å². The Labute approximate surface area is 122 Å². The van der Waals surface area contributed by atoms with Gasteiger partial charge in [-0.25, -0.2) is 4.79 Å². The molecule has 4 nitrogen and oxygen atoms in total. The smallest absolute Gasteiger partial charge is 0.339 e. The van der Waals surface area contributed by atoms with E-state index in [9.17, 15) is 4.79 Å². The van der Waals surface area contributed by atoms with Crippen LogP contribution in [0, 0.1) is 0 Å². The molecule has 112 valence electrons. The van der Waals surface area contributed by atoms with Gasteiger partial charge in [-0.1, -0.05) is 20.3 Å². The van der Waals surface area contributed by atoms with Crippen LogP contribution >= 0.6 is 0 Å². The van der Waals surface area contributed by atoms with Gasteiger partial charge in [0, 0.05) is 18.8 Å². The SMILES string of the molecule is CCCCN(Cc1ccc(C(=O)OC)cn1)C(C)CC. The minimum Gasteiger partial charge on any atom is -0.465 e. The Morgan fingerprint density at radius 2 is 2.15 bits per heavy atom. The number of esters is 1. The molecule has 0 saturated carbocycles. The zero-order valence-electron chi connectivity index (χ0n) is 13.1. The lowest BCUT2D eigenvalue weighted by atomic mass is 10.1. The fourth-order valence-electron chi connectivity index (χ4n) is 2.04. The second-order valence-electron chi connectivity index (χ2n) is 5.11. The van der Waals surface area contributed by atoms with Crippen LogP contribution in [0.5, 0.6) is 0 Å². The number of unbranched alkanes of at least 4 members (excludes halogenated alkanes) is 1. The molecule has 0 aromatic carbocycles. The average Bonchev–Trinajstić information content (AvgIpc) is 2.50. The number of ether oxygens (including phenoxy) is 1. The Balaban J connectivity index is 2.70. The summed E-state index contributed by atoms with van der Waals surface area (Å²) in [6.07, 6.45) is 5.12. The highest BCUT2D eigenvalue weighted by Gasteiger charge is 2.13. The lowest BCUT2D eigenvalue weighted by molar-refractivity contribution is 0.0600. The normalized spacial score (nSPS) is 12.4. The molecule has 0 amide bonds. The van der Waals surface area contributed by atoms with Gasteiger partial charge in [-0.15, -0.1) is 0 Å². The Hall–Kier alpha value is -1.42. The van der Waals surface area contributed by atoms with E-state index in [1.54, 1.807) is 12.3 Å². The Kier molecular flexibility index (Phi) is 7.23. The Bertz CT molecular complexity index is 403. The van der Waals surface area contributed by atoms with Gasteiger partial charge in [0.15, 0.2) is 0 Å². The quantitative estimate of drug-likeness (QED) is 0.684. The third-order valence-corrected chi connectivity index (χ3v) is 3.62. The highest BCUT2D eigenvalue weighted by molar-refractivity contribution is 5.88. The monoisotopic (exact) mass is 278 g/mol. The van der Waals surface area contributed by atoms with E-state index in [0.29, 0.717) is 11.6 Å². The van der Waals surface area contributed by atoms with E-state index in [1.807, 2.05) is 6.07 Å². The van der Waals surface area contributed by atoms with Crippen LogP contribution in [-0.2, 0) is 11.3 Å². The molecule has 0 bridgehead atoms. The van der Waals surface area contributed by atoms with Crippen molar-refractivity contribution in [2.45, 2.75) is 52.6 Å². The number of pyridine rings is 1. The first-order chi connectivity index (χ1) is 9.62. The Morgan fingerprint density at radius 3 is 2.65 bits per heavy atom. The van der Waals surface area contributed by atoms with E-state index in [2.05, 4.69) is 35.4 Å². The summed E-state index contributed by atoms with van der Waals surface area (Å²) in [5.74, 6) is -0.339. The van der Waals surface area contributed by atoms with Crippen LogP contribution in [0.4, 0.5) is 0 Å². The zero-order valence-corrected chi connectivity index (χ0v) is 13.1. The molecule has 0 saturated heterocycles. The topological polar surface area (TPSA) is 42.4 Å². The lowest BCUT2D eigenvalue weighted by Gasteiger charge is -2.28. The summed E-state index contributed by atoms with van der Waals surface area (Å²) >= 11 is 0. The number of methoxy groups -OCH3 is 1. The van der Waals surface area contributed by atoms with Gasteiger partial charge < -0.3 is 4.74 Å². The molecule has 0 aliphatic rings. The zero-order chi connectivity index (χ0) is 15.0. The predicted molar refractivity (Wildman–Crippen MR) is 80.6 cm³/mol. The van der Waals surface area contributed by atoms with Crippen molar-refractivity contribution in [2.75, 3.05) is 13.7 Å². The maximum atomic E-state index is 11.4. The van der Waals surface area contributed by atoms with Gasteiger partial charge in [0.2, 0.25) is 0 Å². The summed E-state index contributed by atoms with van der Waals surface area (Å²) < 4.78 is 4.68. The van der Waals surface area contributed by atoms with Gasteiger partial charge >= 0.3 is 5.97 Å². The molecule has 0 radical (unpaired) electrons.